The Balaban J connectivity index is 2.06. The average molecular weight is 295 g/mol. The molecule has 4 aromatic rings. The summed E-state index contributed by atoms with van der Waals surface area (Å²) < 4.78 is 1.79. The molecule has 0 unspecified atom stereocenters. The maximum absolute atomic E-state index is 5.94. The minimum Gasteiger partial charge on any atom is -0.192 e. The summed E-state index contributed by atoms with van der Waals surface area (Å²) in [6.45, 7) is 1.99. The normalized spacial score (nSPS) is 11.3. The van der Waals surface area contributed by atoms with Gasteiger partial charge in [0.1, 0.15) is 0 Å². The summed E-state index contributed by atoms with van der Waals surface area (Å²) in [4.78, 5) is 0. The molecule has 2 heterocycles. The summed E-state index contributed by atoms with van der Waals surface area (Å²) in [6, 6.07) is 15.6. The zero-order valence-corrected chi connectivity index (χ0v) is 12.0. The zero-order chi connectivity index (χ0) is 14.4. The van der Waals surface area contributed by atoms with E-state index in [1.165, 1.54) is 0 Å². The molecule has 0 fully saturated rings. The van der Waals surface area contributed by atoms with Crippen LogP contribution in [0.15, 0.2) is 48.5 Å². The lowest BCUT2D eigenvalue weighted by Gasteiger charge is -2.04. The van der Waals surface area contributed by atoms with E-state index in [2.05, 4.69) is 15.3 Å². The minimum absolute atomic E-state index is 0.696. The Bertz CT molecular complexity index is 957. The maximum Gasteiger partial charge on any atom is 0.186 e. The van der Waals surface area contributed by atoms with Gasteiger partial charge in [0.05, 0.1) is 5.69 Å². The number of benzene rings is 2. The van der Waals surface area contributed by atoms with E-state index in [9.17, 15) is 0 Å². The number of hydrogen-bond donors (Lipinski definition) is 0. The van der Waals surface area contributed by atoms with E-state index in [0.29, 0.717) is 5.02 Å². The monoisotopic (exact) mass is 294 g/mol. The van der Waals surface area contributed by atoms with Gasteiger partial charge in [0.25, 0.3) is 0 Å². The molecular weight excluding hydrogens is 284 g/mol. The average Bonchev–Trinajstić information content (AvgIpc) is 2.92. The second kappa shape index (κ2) is 4.53. The molecule has 4 rings (SSSR count). The Morgan fingerprint density at radius 3 is 2.38 bits per heavy atom. The van der Waals surface area contributed by atoms with Crippen LogP contribution in [-0.2, 0) is 0 Å². The Hall–Kier alpha value is -2.46. The molecule has 0 radical (unpaired) electrons. The molecule has 21 heavy (non-hydrogen) atoms. The fourth-order valence-electron chi connectivity index (χ4n) is 2.52. The van der Waals surface area contributed by atoms with Crippen molar-refractivity contribution in [3.8, 4) is 11.4 Å². The van der Waals surface area contributed by atoms with Crippen molar-refractivity contribution in [1.82, 2.24) is 19.8 Å². The van der Waals surface area contributed by atoms with E-state index in [1.54, 1.807) is 4.52 Å². The predicted octanol–water partition coefficient (Wildman–Crippen LogP) is 3.91. The molecule has 5 heteroatoms. The quantitative estimate of drug-likeness (QED) is 0.534. The highest BCUT2D eigenvalue weighted by molar-refractivity contribution is 6.30. The summed E-state index contributed by atoms with van der Waals surface area (Å²) in [5.41, 5.74) is 2.66. The van der Waals surface area contributed by atoms with E-state index in [4.69, 9.17) is 11.6 Å². The van der Waals surface area contributed by atoms with Crippen LogP contribution in [0.2, 0.25) is 5.02 Å². The smallest absolute Gasteiger partial charge is 0.186 e. The topological polar surface area (TPSA) is 43.1 Å². The Morgan fingerprint density at radius 2 is 1.62 bits per heavy atom. The Morgan fingerprint density at radius 1 is 0.905 bits per heavy atom. The lowest BCUT2D eigenvalue weighted by Crippen LogP contribution is -1.98. The van der Waals surface area contributed by atoms with Gasteiger partial charge in [0, 0.05) is 21.4 Å². The molecule has 0 aliphatic heterocycles. The largest absolute Gasteiger partial charge is 0.192 e. The van der Waals surface area contributed by atoms with Crippen LogP contribution in [-0.4, -0.2) is 19.8 Å². The highest BCUT2D eigenvalue weighted by atomic mass is 35.5. The molecular formula is C16H11ClN4. The van der Waals surface area contributed by atoms with Crippen LogP contribution >= 0.6 is 11.6 Å². The molecule has 102 valence electrons. The van der Waals surface area contributed by atoms with Crippen LogP contribution in [0.25, 0.3) is 27.8 Å². The molecule has 2 aromatic carbocycles. The highest BCUT2D eigenvalue weighted by Crippen LogP contribution is 2.25. The van der Waals surface area contributed by atoms with Gasteiger partial charge in [-0.2, -0.15) is 9.61 Å². The van der Waals surface area contributed by atoms with Gasteiger partial charge in [0.2, 0.25) is 0 Å². The first kappa shape index (κ1) is 12.3. The van der Waals surface area contributed by atoms with E-state index < -0.39 is 0 Å². The van der Waals surface area contributed by atoms with Crippen molar-refractivity contribution in [2.75, 3.05) is 0 Å². The van der Waals surface area contributed by atoms with Crippen molar-refractivity contribution >= 4 is 28.0 Å². The maximum atomic E-state index is 5.94. The summed E-state index contributed by atoms with van der Waals surface area (Å²) in [6.07, 6.45) is 0. The predicted molar refractivity (Wildman–Crippen MR) is 83.5 cm³/mol. The summed E-state index contributed by atoms with van der Waals surface area (Å²) >= 11 is 5.94. The first-order valence-corrected chi connectivity index (χ1v) is 6.98. The molecule has 0 aliphatic rings. The fourth-order valence-corrected chi connectivity index (χ4v) is 2.64. The standard InChI is InChI=1S/C16H11ClN4/c1-10-13-4-2-3-5-14(13)16-19-18-15(21(16)20-10)11-6-8-12(17)9-7-11/h2-9H,1H3. The summed E-state index contributed by atoms with van der Waals surface area (Å²) in [5.74, 6) is 0.718. The van der Waals surface area contributed by atoms with Gasteiger partial charge >= 0.3 is 0 Å². The molecule has 0 saturated heterocycles. The lowest BCUT2D eigenvalue weighted by atomic mass is 10.1. The van der Waals surface area contributed by atoms with Crippen molar-refractivity contribution in [3.63, 3.8) is 0 Å². The molecule has 0 aliphatic carbocycles. The van der Waals surface area contributed by atoms with E-state index >= 15 is 0 Å². The first-order chi connectivity index (χ1) is 10.2. The number of rotatable bonds is 1. The third-order valence-corrected chi connectivity index (χ3v) is 3.80. The summed E-state index contributed by atoms with van der Waals surface area (Å²) in [7, 11) is 0. The van der Waals surface area contributed by atoms with Crippen LogP contribution in [0.5, 0.6) is 0 Å². The van der Waals surface area contributed by atoms with Gasteiger partial charge in [-0.25, -0.2) is 0 Å². The van der Waals surface area contributed by atoms with Crippen molar-refractivity contribution in [1.29, 1.82) is 0 Å². The van der Waals surface area contributed by atoms with E-state index in [-0.39, 0.29) is 0 Å². The molecule has 0 N–H and O–H groups in total. The van der Waals surface area contributed by atoms with E-state index in [1.807, 2.05) is 55.5 Å². The van der Waals surface area contributed by atoms with Crippen LogP contribution in [0.3, 0.4) is 0 Å². The third-order valence-electron chi connectivity index (χ3n) is 3.55. The van der Waals surface area contributed by atoms with Crippen molar-refractivity contribution < 1.29 is 0 Å². The number of hydrogen-bond acceptors (Lipinski definition) is 3. The van der Waals surface area contributed by atoms with Gasteiger partial charge in [-0.15, -0.1) is 10.2 Å². The molecule has 2 aromatic heterocycles. The van der Waals surface area contributed by atoms with Crippen molar-refractivity contribution in [2.45, 2.75) is 6.92 Å². The number of nitrogens with zero attached hydrogens (tertiary/aromatic N) is 4. The van der Waals surface area contributed by atoms with Gasteiger partial charge in [-0.05, 0) is 31.2 Å². The number of aryl methyl sites for hydroxylation is 1. The van der Waals surface area contributed by atoms with Crippen molar-refractivity contribution in [2.24, 2.45) is 0 Å². The highest BCUT2D eigenvalue weighted by Gasteiger charge is 2.13. The van der Waals surface area contributed by atoms with Gasteiger partial charge in [-0.1, -0.05) is 35.9 Å². The van der Waals surface area contributed by atoms with E-state index in [0.717, 1.165) is 33.5 Å². The van der Waals surface area contributed by atoms with Crippen LogP contribution in [0.1, 0.15) is 5.69 Å². The first-order valence-electron chi connectivity index (χ1n) is 6.61. The van der Waals surface area contributed by atoms with Gasteiger partial charge < -0.3 is 0 Å². The van der Waals surface area contributed by atoms with Crippen LogP contribution in [0.4, 0.5) is 0 Å². The second-order valence-electron chi connectivity index (χ2n) is 4.90. The Kier molecular flexibility index (Phi) is 2.65. The van der Waals surface area contributed by atoms with Crippen molar-refractivity contribution in [3.05, 3.63) is 59.2 Å². The molecule has 0 atom stereocenters. The lowest BCUT2D eigenvalue weighted by molar-refractivity contribution is 0.915. The van der Waals surface area contributed by atoms with Crippen LogP contribution < -0.4 is 0 Å². The number of aromatic nitrogens is 4. The molecule has 0 amide bonds. The molecule has 0 saturated carbocycles. The zero-order valence-electron chi connectivity index (χ0n) is 11.3. The van der Waals surface area contributed by atoms with Gasteiger partial charge in [0.15, 0.2) is 11.5 Å². The summed E-state index contributed by atoms with van der Waals surface area (Å²) in [5, 5.41) is 16.1. The van der Waals surface area contributed by atoms with Crippen LogP contribution in [0, 0.1) is 6.92 Å². The Labute approximate surface area is 126 Å². The third kappa shape index (κ3) is 1.87. The minimum atomic E-state index is 0.696. The second-order valence-corrected chi connectivity index (χ2v) is 5.33. The van der Waals surface area contributed by atoms with Gasteiger partial charge in [-0.3, -0.25) is 0 Å². The number of fused-ring (bicyclic) bond motifs is 3. The number of halogens is 1. The molecule has 0 bridgehead atoms. The molecule has 4 nitrogen and oxygen atoms in total. The molecule has 0 spiro atoms. The fraction of sp³-hybridized carbons (Fsp3) is 0.0625. The SMILES string of the molecule is Cc1nn2c(-c3ccc(Cl)cc3)nnc2c2ccccc12.